The lowest BCUT2D eigenvalue weighted by Crippen LogP contribution is -2.06. The molecule has 0 radical (unpaired) electrons. The molecule has 98 valence electrons. The molecule has 0 bridgehead atoms. The van der Waals surface area contributed by atoms with Crippen molar-refractivity contribution in [2.24, 2.45) is 0 Å². The normalized spacial score (nSPS) is 10.5. The first-order valence-corrected chi connectivity index (χ1v) is 6.74. The van der Waals surface area contributed by atoms with E-state index in [1.807, 2.05) is 31.2 Å². The van der Waals surface area contributed by atoms with Gasteiger partial charge in [0.25, 0.3) is 0 Å². The third-order valence-corrected chi connectivity index (χ3v) is 3.88. The average molecular weight is 278 g/mol. The molecule has 0 unspecified atom stereocenters. The number of aryl methyl sites for hydroxylation is 1. The molecule has 0 spiro atoms. The lowest BCUT2D eigenvalue weighted by Gasteiger charge is -2.05. The quantitative estimate of drug-likeness (QED) is 0.614. The van der Waals surface area contributed by atoms with Gasteiger partial charge in [0.1, 0.15) is 0 Å². The zero-order chi connectivity index (χ0) is 13.8. The van der Waals surface area contributed by atoms with Gasteiger partial charge in [-0.15, -0.1) is 11.8 Å². The fraction of sp³-hybridized carbons (Fsp3) is 0.133. The largest absolute Gasteiger partial charge is 0.293 e. The van der Waals surface area contributed by atoms with Gasteiger partial charge in [-0.3, -0.25) is 4.79 Å². The first-order chi connectivity index (χ1) is 9.09. The number of ketones is 1. The Morgan fingerprint density at radius 3 is 2.58 bits per heavy atom. The average Bonchev–Trinajstić information content (AvgIpc) is 2.40. The molecule has 0 aliphatic heterocycles. The van der Waals surface area contributed by atoms with Crippen molar-refractivity contribution >= 4 is 17.5 Å². The molecular formula is C15H12F2OS. The fourth-order valence-electron chi connectivity index (χ4n) is 1.66. The number of carbonyl (C=O) groups is 1. The fourth-order valence-corrected chi connectivity index (χ4v) is 2.57. The number of halogens is 2. The highest BCUT2D eigenvalue weighted by Gasteiger charge is 2.15. The second-order valence-corrected chi connectivity index (χ2v) is 5.10. The number of Topliss-reactive ketones (excluding diaryl/α,β-unsaturated/α-hetero) is 1. The Morgan fingerprint density at radius 2 is 1.84 bits per heavy atom. The number of hydrogen-bond acceptors (Lipinski definition) is 2. The van der Waals surface area contributed by atoms with Crippen molar-refractivity contribution in [1.29, 1.82) is 0 Å². The van der Waals surface area contributed by atoms with Crippen molar-refractivity contribution in [3.63, 3.8) is 0 Å². The number of carbonyl (C=O) groups excluding carboxylic acids is 1. The maximum atomic E-state index is 13.5. The summed E-state index contributed by atoms with van der Waals surface area (Å²) in [6, 6.07) is 11.3. The van der Waals surface area contributed by atoms with E-state index >= 15 is 0 Å². The third kappa shape index (κ3) is 3.20. The second-order valence-electron chi connectivity index (χ2n) is 4.08. The summed E-state index contributed by atoms with van der Waals surface area (Å²) in [5.74, 6) is -2.39. The number of hydrogen-bond donors (Lipinski definition) is 0. The van der Waals surface area contributed by atoms with Crippen molar-refractivity contribution < 1.29 is 13.6 Å². The summed E-state index contributed by atoms with van der Waals surface area (Å²) in [5.41, 5.74) is 0.862. The molecule has 1 nitrogen and oxygen atoms in total. The standard InChI is InChI=1S/C15H12F2OS/c1-10-5-2-3-8-14(10)19-9-13(18)11-6-4-7-12(16)15(11)17/h2-8H,9H2,1H3. The van der Waals surface area contributed by atoms with Crippen LogP contribution in [-0.2, 0) is 0 Å². The number of benzene rings is 2. The molecule has 0 aliphatic rings. The smallest absolute Gasteiger partial charge is 0.176 e. The van der Waals surface area contributed by atoms with Crippen LogP contribution in [0.4, 0.5) is 8.78 Å². The Labute approximate surface area is 114 Å². The van der Waals surface area contributed by atoms with Gasteiger partial charge in [-0.05, 0) is 30.7 Å². The molecule has 4 heteroatoms. The van der Waals surface area contributed by atoms with E-state index in [-0.39, 0.29) is 11.3 Å². The van der Waals surface area contributed by atoms with Gasteiger partial charge in [0.2, 0.25) is 0 Å². The summed E-state index contributed by atoms with van der Waals surface area (Å²) < 4.78 is 26.5. The van der Waals surface area contributed by atoms with Crippen molar-refractivity contribution in [1.82, 2.24) is 0 Å². The minimum absolute atomic E-state index is 0.0885. The van der Waals surface area contributed by atoms with E-state index in [1.165, 1.54) is 23.9 Å². The Balaban J connectivity index is 2.10. The molecule has 19 heavy (non-hydrogen) atoms. The van der Waals surface area contributed by atoms with Crippen LogP contribution >= 0.6 is 11.8 Å². The van der Waals surface area contributed by atoms with Gasteiger partial charge >= 0.3 is 0 Å². The molecule has 0 saturated carbocycles. The van der Waals surface area contributed by atoms with Crippen LogP contribution in [0.25, 0.3) is 0 Å². The predicted molar refractivity (Wildman–Crippen MR) is 72.6 cm³/mol. The SMILES string of the molecule is Cc1ccccc1SCC(=O)c1cccc(F)c1F. The Kier molecular flexibility index (Phi) is 4.32. The molecular weight excluding hydrogens is 266 g/mol. The van der Waals surface area contributed by atoms with Crippen molar-refractivity contribution in [3.05, 3.63) is 65.2 Å². The Morgan fingerprint density at radius 1 is 1.11 bits per heavy atom. The second kappa shape index (κ2) is 5.97. The minimum atomic E-state index is -1.07. The van der Waals surface area contributed by atoms with Crippen LogP contribution in [0.1, 0.15) is 15.9 Å². The summed E-state index contributed by atoms with van der Waals surface area (Å²) in [4.78, 5) is 12.8. The monoisotopic (exact) mass is 278 g/mol. The summed E-state index contributed by atoms with van der Waals surface area (Å²) >= 11 is 1.33. The Bertz CT molecular complexity index is 611. The molecule has 0 atom stereocenters. The highest BCUT2D eigenvalue weighted by Crippen LogP contribution is 2.23. The van der Waals surface area contributed by atoms with Crippen LogP contribution in [0.3, 0.4) is 0 Å². The Hall–Kier alpha value is -1.68. The first kappa shape index (κ1) is 13.7. The summed E-state index contributed by atoms with van der Waals surface area (Å²) in [6.45, 7) is 1.94. The summed E-state index contributed by atoms with van der Waals surface area (Å²) in [6.07, 6.45) is 0. The molecule has 0 aliphatic carbocycles. The van der Waals surface area contributed by atoms with Crippen molar-refractivity contribution in [3.8, 4) is 0 Å². The maximum Gasteiger partial charge on any atom is 0.176 e. The van der Waals surface area contributed by atoms with Gasteiger partial charge in [-0.25, -0.2) is 8.78 Å². The minimum Gasteiger partial charge on any atom is -0.293 e. The molecule has 0 aromatic heterocycles. The molecule has 0 amide bonds. The summed E-state index contributed by atoms with van der Waals surface area (Å²) in [7, 11) is 0. The molecule has 2 aromatic rings. The van der Waals surface area contributed by atoms with Crippen LogP contribution < -0.4 is 0 Å². The maximum absolute atomic E-state index is 13.5. The van der Waals surface area contributed by atoms with E-state index in [0.717, 1.165) is 16.5 Å². The third-order valence-electron chi connectivity index (χ3n) is 2.70. The van der Waals surface area contributed by atoms with Gasteiger partial charge in [-0.2, -0.15) is 0 Å². The molecule has 2 aromatic carbocycles. The van der Waals surface area contributed by atoms with Crippen molar-refractivity contribution in [2.75, 3.05) is 5.75 Å². The van der Waals surface area contributed by atoms with Gasteiger partial charge in [0.05, 0.1) is 11.3 Å². The van der Waals surface area contributed by atoms with Crippen LogP contribution in [-0.4, -0.2) is 11.5 Å². The lowest BCUT2D eigenvalue weighted by atomic mass is 10.1. The molecule has 0 saturated heterocycles. The van der Waals surface area contributed by atoms with Crippen LogP contribution in [0.15, 0.2) is 47.4 Å². The van der Waals surface area contributed by atoms with E-state index in [1.54, 1.807) is 0 Å². The van der Waals surface area contributed by atoms with Gasteiger partial charge < -0.3 is 0 Å². The molecule has 0 heterocycles. The number of thioether (sulfide) groups is 1. The van der Waals surface area contributed by atoms with Crippen molar-refractivity contribution in [2.45, 2.75) is 11.8 Å². The van der Waals surface area contributed by atoms with Gasteiger partial charge in [0.15, 0.2) is 17.4 Å². The predicted octanol–water partition coefficient (Wildman–Crippen LogP) is 4.25. The highest BCUT2D eigenvalue weighted by molar-refractivity contribution is 8.00. The topological polar surface area (TPSA) is 17.1 Å². The number of rotatable bonds is 4. The van der Waals surface area contributed by atoms with Crippen LogP contribution in [0, 0.1) is 18.6 Å². The van der Waals surface area contributed by atoms with Crippen LogP contribution in [0.2, 0.25) is 0 Å². The van der Waals surface area contributed by atoms with E-state index in [2.05, 4.69) is 0 Å². The van der Waals surface area contributed by atoms with Gasteiger partial charge in [-0.1, -0.05) is 24.3 Å². The zero-order valence-corrected chi connectivity index (χ0v) is 11.1. The van der Waals surface area contributed by atoms with Crippen LogP contribution in [0.5, 0.6) is 0 Å². The van der Waals surface area contributed by atoms with Gasteiger partial charge in [0, 0.05) is 4.90 Å². The van der Waals surface area contributed by atoms with E-state index in [4.69, 9.17) is 0 Å². The molecule has 2 rings (SSSR count). The zero-order valence-electron chi connectivity index (χ0n) is 10.3. The van der Waals surface area contributed by atoms with E-state index in [0.29, 0.717) is 0 Å². The molecule has 0 N–H and O–H groups in total. The summed E-state index contributed by atoms with van der Waals surface area (Å²) in [5, 5.41) is 0. The lowest BCUT2D eigenvalue weighted by molar-refractivity contribution is 0.101. The van der Waals surface area contributed by atoms with E-state index < -0.39 is 17.4 Å². The molecule has 0 fully saturated rings. The first-order valence-electron chi connectivity index (χ1n) is 5.75. The van der Waals surface area contributed by atoms with E-state index in [9.17, 15) is 13.6 Å². The highest BCUT2D eigenvalue weighted by atomic mass is 32.2.